The van der Waals surface area contributed by atoms with Crippen molar-refractivity contribution >= 4 is 50.4 Å². The molecule has 0 radical (unpaired) electrons. The van der Waals surface area contributed by atoms with Gasteiger partial charge in [0.25, 0.3) is 11.8 Å². The number of nitrogens with one attached hydrogen (secondary N) is 3. The SMILES string of the molecule is C=C1CCC(N2C(=O)c3ccc(OCCCCOc4ccc(-c5cnc6[nH]cc(C(=O)c7c(F)ccc(NS(=O)(=O)N8CC[C@@H](F)C8)c7F)c6c5)cc4)cc3C2=O)C(=O)N1. The highest BCUT2D eigenvalue weighted by molar-refractivity contribution is 7.90. The zero-order valence-electron chi connectivity index (χ0n) is 31.8. The highest BCUT2D eigenvalue weighted by Crippen LogP contribution is 2.33. The van der Waals surface area contributed by atoms with Gasteiger partial charge in [-0.05, 0) is 86.2 Å². The number of fused-ring (bicyclic) bond motifs is 2. The van der Waals surface area contributed by atoms with Crippen molar-refractivity contribution in [3.05, 3.63) is 119 Å². The fourth-order valence-corrected chi connectivity index (χ4v) is 8.65. The number of imide groups is 1. The van der Waals surface area contributed by atoms with E-state index in [0.29, 0.717) is 67.2 Å². The van der Waals surface area contributed by atoms with Crippen LogP contribution in [0.3, 0.4) is 0 Å². The van der Waals surface area contributed by atoms with Crippen molar-refractivity contribution in [2.24, 2.45) is 0 Å². The van der Waals surface area contributed by atoms with Crippen LogP contribution in [0.4, 0.5) is 18.9 Å². The molecule has 3 aliphatic heterocycles. The van der Waals surface area contributed by atoms with E-state index in [1.54, 1.807) is 42.6 Å². The Bertz CT molecular complexity index is 2690. The topological polar surface area (TPSA) is 180 Å². The minimum atomic E-state index is -4.37. The number of ether oxygens (including phenoxy) is 2. The van der Waals surface area contributed by atoms with Gasteiger partial charge in [-0.25, -0.2) is 18.2 Å². The molecule has 0 spiro atoms. The van der Waals surface area contributed by atoms with Gasteiger partial charge in [0.15, 0.2) is 5.82 Å². The summed E-state index contributed by atoms with van der Waals surface area (Å²) >= 11 is 0. The Morgan fingerprint density at radius 2 is 1.63 bits per heavy atom. The number of piperidine rings is 1. The zero-order chi connectivity index (χ0) is 42.3. The van der Waals surface area contributed by atoms with Crippen molar-refractivity contribution in [2.75, 3.05) is 31.0 Å². The van der Waals surface area contributed by atoms with Crippen LogP contribution < -0.4 is 19.5 Å². The van der Waals surface area contributed by atoms with Crippen LogP contribution in [0.2, 0.25) is 0 Å². The number of pyridine rings is 1. The number of carbonyl (C=O) groups excluding carboxylic acids is 4. The molecule has 18 heteroatoms. The molecule has 2 fully saturated rings. The van der Waals surface area contributed by atoms with Crippen molar-refractivity contribution in [2.45, 2.75) is 44.3 Å². The maximum atomic E-state index is 15.7. The van der Waals surface area contributed by atoms with Gasteiger partial charge in [-0.2, -0.15) is 12.7 Å². The fourth-order valence-electron chi connectivity index (χ4n) is 7.38. The normalized spacial score (nSPS) is 18.2. The summed E-state index contributed by atoms with van der Waals surface area (Å²) in [5, 5.41) is 2.89. The number of aromatic amines is 1. The van der Waals surface area contributed by atoms with Crippen LogP contribution in [0.25, 0.3) is 22.2 Å². The standard InChI is InChI=1S/C42H37F3N6O8S/c1-23-4-13-35(40(53)48-23)51-41(54)29-10-9-28(19-31(29)42(51)55)59-17-3-2-16-58-27-7-5-24(6-8-27)25-18-30-32(21-47-39(30)46-20-25)38(52)36-33(44)11-12-34(37(36)45)49-60(56,57)50-15-14-26(43)22-50/h5-12,18-21,26,35,49H,1-4,13-17,22H2,(H,46,47)(H,48,53)/t26-,35?/m1/s1. The van der Waals surface area contributed by atoms with E-state index >= 15 is 8.78 Å². The maximum absolute atomic E-state index is 15.7. The number of H-pyrrole nitrogens is 1. The molecule has 0 bridgehead atoms. The number of alkyl halides is 1. The number of hydrogen-bond acceptors (Lipinski definition) is 9. The third-order valence-corrected chi connectivity index (χ3v) is 12.0. The van der Waals surface area contributed by atoms with Gasteiger partial charge >= 0.3 is 10.2 Å². The quantitative estimate of drug-likeness (QED) is 0.0680. The molecule has 3 N–H and O–H groups in total. The third kappa shape index (κ3) is 7.82. The first-order valence-corrected chi connectivity index (χ1v) is 20.5. The van der Waals surface area contributed by atoms with Crippen LogP contribution in [0.15, 0.2) is 85.3 Å². The molecule has 3 amide bonds. The molecular formula is C42H37F3N6O8S. The van der Waals surface area contributed by atoms with Crippen LogP contribution in [0.1, 0.15) is 68.7 Å². The van der Waals surface area contributed by atoms with Crippen molar-refractivity contribution in [3.63, 3.8) is 0 Å². The molecule has 3 aliphatic rings. The number of anilines is 1. The summed E-state index contributed by atoms with van der Waals surface area (Å²) in [7, 11) is -4.37. The minimum absolute atomic E-state index is 0.0109. The summed E-state index contributed by atoms with van der Waals surface area (Å²) in [6.07, 6.45) is 3.51. The Balaban J connectivity index is 0.855. The predicted octanol–water partition coefficient (Wildman–Crippen LogP) is 6.07. The average molecular weight is 843 g/mol. The third-order valence-electron chi connectivity index (χ3n) is 10.6. The minimum Gasteiger partial charge on any atom is -0.494 e. The van der Waals surface area contributed by atoms with E-state index in [2.05, 4.69) is 21.9 Å². The van der Waals surface area contributed by atoms with Crippen LogP contribution >= 0.6 is 0 Å². The Labute approximate surface area is 341 Å². The fraction of sp³-hybridized carbons (Fsp3) is 0.262. The molecule has 1 unspecified atom stereocenters. The number of benzene rings is 3. The summed E-state index contributed by atoms with van der Waals surface area (Å²) in [5.41, 5.74) is 0.827. The molecule has 310 valence electrons. The first-order chi connectivity index (χ1) is 28.8. The number of carbonyl (C=O) groups is 4. The molecule has 14 nitrogen and oxygen atoms in total. The smallest absolute Gasteiger partial charge is 0.301 e. The number of rotatable bonds is 14. The van der Waals surface area contributed by atoms with Crippen molar-refractivity contribution in [1.29, 1.82) is 0 Å². The second kappa shape index (κ2) is 16.3. The van der Waals surface area contributed by atoms with Gasteiger partial charge in [-0.3, -0.25) is 28.8 Å². The van der Waals surface area contributed by atoms with E-state index in [0.717, 1.165) is 21.3 Å². The lowest BCUT2D eigenvalue weighted by atomic mass is 10.00. The summed E-state index contributed by atoms with van der Waals surface area (Å²) in [6, 6.07) is 14.1. The van der Waals surface area contributed by atoms with Crippen LogP contribution in [0, 0.1) is 11.6 Å². The summed E-state index contributed by atoms with van der Waals surface area (Å²) in [4.78, 5) is 60.4. The van der Waals surface area contributed by atoms with E-state index in [1.165, 1.54) is 18.3 Å². The average Bonchev–Trinajstić information content (AvgIpc) is 3.93. The first-order valence-electron chi connectivity index (χ1n) is 19.1. The lowest BCUT2D eigenvalue weighted by Crippen LogP contribution is -2.51. The van der Waals surface area contributed by atoms with Crippen LogP contribution in [-0.4, -0.2) is 89.6 Å². The summed E-state index contributed by atoms with van der Waals surface area (Å²) < 4.78 is 84.4. The molecule has 0 saturated carbocycles. The predicted molar refractivity (Wildman–Crippen MR) is 212 cm³/mol. The van der Waals surface area contributed by atoms with Crippen molar-refractivity contribution in [1.82, 2.24) is 24.5 Å². The number of aromatic nitrogens is 2. The van der Waals surface area contributed by atoms with E-state index in [9.17, 15) is 32.0 Å². The molecule has 60 heavy (non-hydrogen) atoms. The number of allylic oxidation sites excluding steroid dienone is 1. The number of halogens is 3. The summed E-state index contributed by atoms with van der Waals surface area (Å²) in [5.74, 6) is -4.13. The van der Waals surface area contributed by atoms with Gasteiger partial charge in [-0.15, -0.1) is 0 Å². The van der Waals surface area contributed by atoms with Gasteiger partial charge in [0.2, 0.25) is 11.7 Å². The van der Waals surface area contributed by atoms with Crippen molar-refractivity contribution < 1.29 is 50.2 Å². The number of ketones is 1. The Kier molecular flexibility index (Phi) is 10.9. The van der Waals surface area contributed by atoms with Gasteiger partial charge < -0.3 is 19.8 Å². The Hall–Kier alpha value is -6.53. The van der Waals surface area contributed by atoms with Crippen LogP contribution in [-0.2, 0) is 15.0 Å². The zero-order valence-corrected chi connectivity index (χ0v) is 32.6. The van der Waals surface area contributed by atoms with Gasteiger partial charge in [-0.1, -0.05) is 18.7 Å². The monoisotopic (exact) mass is 842 g/mol. The van der Waals surface area contributed by atoms with E-state index in [4.69, 9.17) is 9.47 Å². The first kappa shape index (κ1) is 40.3. The summed E-state index contributed by atoms with van der Waals surface area (Å²) in [6.45, 7) is 3.92. The molecule has 2 atom stereocenters. The molecule has 5 aromatic rings. The van der Waals surface area contributed by atoms with Crippen LogP contribution in [0.5, 0.6) is 11.5 Å². The largest absolute Gasteiger partial charge is 0.494 e. The van der Waals surface area contributed by atoms with Gasteiger partial charge in [0.05, 0.1) is 35.6 Å². The van der Waals surface area contributed by atoms with Crippen molar-refractivity contribution in [3.8, 4) is 22.6 Å². The highest BCUT2D eigenvalue weighted by atomic mass is 32.2. The second-order valence-electron chi connectivity index (χ2n) is 14.6. The number of hydrogen-bond donors (Lipinski definition) is 3. The second-order valence-corrected chi connectivity index (χ2v) is 16.2. The molecule has 0 aliphatic carbocycles. The van der Waals surface area contributed by atoms with Gasteiger partial charge in [0, 0.05) is 47.7 Å². The lowest BCUT2D eigenvalue weighted by Gasteiger charge is -2.29. The maximum Gasteiger partial charge on any atom is 0.301 e. The molecule has 5 heterocycles. The Morgan fingerprint density at radius 3 is 2.35 bits per heavy atom. The number of nitrogens with zero attached hydrogens (tertiary/aromatic N) is 3. The molecule has 8 rings (SSSR count). The highest BCUT2D eigenvalue weighted by Gasteiger charge is 2.44. The van der Waals surface area contributed by atoms with E-state index in [-0.39, 0.29) is 40.7 Å². The molecular weight excluding hydrogens is 806 g/mol. The number of amides is 3. The molecule has 3 aromatic carbocycles. The number of unbranched alkanes of at least 4 members (excludes halogenated alkanes) is 1. The Morgan fingerprint density at radius 1 is 0.917 bits per heavy atom. The molecule has 2 saturated heterocycles. The van der Waals surface area contributed by atoms with E-state index in [1.807, 2.05) is 4.72 Å². The molecule has 2 aromatic heterocycles. The lowest BCUT2D eigenvalue weighted by molar-refractivity contribution is -0.125. The van der Waals surface area contributed by atoms with E-state index < -0.39 is 75.4 Å². The van der Waals surface area contributed by atoms with Gasteiger partial charge in [0.1, 0.15) is 35.2 Å².